The minimum Gasteiger partial charge on any atom is -0.408 e. The van der Waals surface area contributed by atoms with E-state index >= 15 is 0 Å². The van der Waals surface area contributed by atoms with Crippen molar-refractivity contribution in [1.29, 1.82) is 0 Å². The van der Waals surface area contributed by atoms with Crippen LogP contribution >= 0.6 is 0 Å². The molecule has 0 spiro atoms. The van der Waals surface area contributed by atoms with Crippen LogP contribution in [0.2, 0.25) is 18.1 Å². The van der Waals surface area contributed by atoms with Gasteiger partial charge in [-0.25, -0.2) is 0 Å². The summed E-state index contributed by atoms with van der Waals surface area (Å²) in [6.07, 6.45) is -1.36. The molecule has 3 fully saturated rings. The van der Waals surface area contributed by atoms with Crippen molar-refractivity contribution in [2.24, 2.45) is 0 Å². The molecule has 0 aromatic carbocycles. The molecule has 3 rings (SSSR count). The van der Waals surface area contributed by atoms with Gasteiger partial charge < -0.3 is 28.1 Å². The molecule has 25 heavy (non-hydrogen) atoms. The quantitative estimate of drug-likeness (QED) is 0.706. The van der Waals surface area contributed by atoms with Crippen molar-refractivity contribution in [2.75, 3.05) is 6.61 Å². The van der Waals surface area contributed by atoms with Crippen molar-refractivity contribution in [1.82, 2.24) is 0 Å². The first-order valence-electron chi connectivity index (χ1n) is 9.22. The van der Waals surface area contributed by atoms with Gasteiger partial charge in [-0.15, -0.1) is 0 Å². The summed E-state index contributed by atoms with van der Waals surface area (Å²) in [5.41, 5.74) is 0. The van der Waals surface area contributed by atoms with Gasteiger partial charge in [0.05, 0.1) is 6.61 Å². The molecule has 0 bridgehead atoms. The third kappa shape index (κ3) is 3.83. The predicted molar refractivity (Wildman–Crippen MR) is 95.7 cm³/mol. The predicted octanol–water partition coefficient (Wildman–Crippen LogP) is 3.40. The molecule has 0 unspecified atom stereocenters. The zero-order chi connectivity index (χ0) is 18.8. The van der Waals surface area contributed by atoms with E-state index in [1.165, 1.54) is 0 Å². The van der Waals surface area contributed by atoms with Crippen LogP contribution in [0, 0.1) is 0 Å². The lowest BCUT2D eigenvalue weighted by molar-refractivity contribution is -0.231. The average Bonchev–Trinajstić information content (AvgIpc) is 2.99. The van der Waals surface area contributed by atoms with E-state index in [0.717, 1.165) is 0 Å². The van der Waals surface area contributed by atoms with E-state index in [1.807, 2.05) is 27.7 Å². The van der Waals surface area contributed by atoms with Crippen LogP contribution in [-0.2, 0) is 28.1 Å². The lowest BCUT2D eigenvalue weighted by Crippen LogP contribution is -2.52. The molecule has 3 heterocycles. The number of rotatable bonds is 3. The molecule has 3 aliphatic heterocycles. The van der Waals surface area contributed by atoms with Crippen molar-refractivity contribution in [3.63, 3.8) is 0 Å². The fourth-order valence-corrected chi connectivity index (χ4v) is 4.63. The second-order valence-corrected chi connectivity index (χ2v) is 14.5. The molecule has 0 radical (unpaired) electrons. The minimum absolute atomic E-state index is 0.0942. The third-order valence-electron chi connectivity index (χ3n) is 5.66. The van der Waals surface area contributed by atoms with Crippen LogP contribution < -0.4 is 0 Å². The maximum absolute atomic E-state index is 6.74. The van der Waals surface area contributed by atoms with Gasteiger partial charge in [0.1, 0.15) is 24.4 Å². The molecular weight excluding hydrogens is 340 g/mol. The van der Waals surface area contributed by atoms with Crippen molar-refractivity contribution in [3.05, 3.63) is 0 Å². The van der Waals surface area contributed by atoms with Crippen molar-refractivity contribution in [2.45, 2.75) is 109 Å². The normalized spacial score (nSPS) is 40.4. The van der Waals surface area contributed by atoms with Gasteiger partial charge >= 0.3 is 0 Å². The van der Waals surface area contributed by atoms with Gasteiger partial charge in [-0.3, -0.25) is 0 Å². The van der Waals surface area contributed by atoms with Crippen LogP contribution in [0.4, 0.5) is 0 Å². The van der Waals surface area contributed by atoms with Gasteiger partial charge in [0.15, 0.2) is 26.2 Å². The molecule has 6 nitrogen and oxygen atoms in total. The number of hydrogen-bond donors (Lipinski definition) is 0. The number of ether oxygens (including phenoxy) is 5. The second kappa shape index (κ2) is 5.99. The molecule has 0 aromatic heterocycles. The summed E-state index contributed by atoms with van der Waals surface area (Å²) < 4.78 is 36.8. The summed E-state index contributed by atoms with van der Waals surface area (Å²) in [5, 5.41) is 0.0942. The first kappa shape index (κ1) is 19.7. The Labute approximate surface area is 152 Å². The minimum atomic E-state index is -2.02. The SMILES string of the molecule is CC1(C)O[C@H]2O[C@@H]([C@H]3COC(C)(C)O3)[C@@H](O[Si](C)(C)C(C)(C)C)[C@H]2O1. The molecule has 0 N–H and O–H groups in total. The zero-order valence-electron chi connectivity index (χ0n) is 17.0. The highest BCUT2D eigenvalue weighted by Crippen LogP contribution is 2.45. The molecule has 0 saturated carbocycles. The number of hydrogen-bond acceptors (Lipinski definition) is 6. The van der Waals surface area contributed by atoms with Crippen molar-refractivity contribution < 1.29 is 28.1 Å². The molecule has 0 aliphatic carbocycles. The smallest absolute Gasteiger partial charge is 0.192 e. The monoisotopic (exact) mass is 374 g/mol. The van der Waals surface area contributed by atoms with Crippen LogP contribution in [0.1, 0.15) is 48.5 Å². The van der Waals surface area contributed by atoms with Gasteiger partial charge in [-0.1, -0.05) is 20.8 Å². The molecule has 3 saturated heterocycles. The molecule has 0 aromatic rings. The van der Waals surface area contributed by atoms with Crippen LogP contribution in [-0.4, -0.2) is 57.2 Å². The Morgan fingerprint density at radius 1 is 0.920 bits per heavy atom. The van der Waals surface area contributed by atoms with Crippen molar-refractivity contribution >= 4 is 8.32 Å². The first-order chi connectivity index (χ1) is 11.2. The maximum Gasteiger partial charge on any atom is 0.192 e. The topological polar surface area (TPSA) is 55.4 Å². The van der Waals surface area contributed by atoms with E-state index in [0.29, 0.717) is 6.61 Å². The summed E-state index contributed by atoms with van der Waals surface area (Å²) >= 11 is 0. The van der Waals surface area contributed by atoms with E-state index < -0.39 is 26.2 Å². The molecule has 0 amide bonds. The Morgan fingerprint density at radius 2 is 1.56 bits per heavy atom. The summed E-state index contributed by atoms with van der Waals surface area (Å²) in [7, 11) is -2.02. The fraction of sp³-hybridized carbons (Fsp3) is 1.00. The summed E-state index contributed by atoms with van der Waals surface area (Å²) in [5.74, 6) is -1.27. The van der Waals surface area contributed by atoms with E-state index in [2.05, 4.69) is 33.9 Å². The van der Waals surface area contributed by atoms with E-state index in [4.69, 9.17) is 28.1 Å². The van der Waals surface area contributed by atoms with E-state index in [1.54, 1.807) is 0 Å². The van der Waals surface area contributed by atoms with Gasteiger partial charge in [0.2, 0.25) is 0 Å². The Hall–Kier alpha value is -0.0231. The van der Waals surface area contributed by atoms with E-state index in [9.17, 15) is 0 Å². The molecule has 146 valence electrons. The first-order valence-corrected chi connectivity index (χ1v) is 12.1. The molecule has 5 atom stereocenters. The Kier molecular flexibility index (Phi) is 4.73. The number of fused-ring (bicyclic) bond motifs is 1. The van der Waals surface area contributed by atoms with Crippen molar-refractivity contribution in [3.8, 4) is 0 Å². The largest absolute Gasteiger partial charge is 0.408 e. The average molecular weight is 375 g/mol. The highest BCUT2D eigenvalue weighted by Gasteiger charge is 2.60. The summed E-state index contributed by atoms with van der Waals surface area (Å²) in [4.78, 5) is 0. The van der Waals surface area contributed by atoms with Gasteiger partial charge in [0, 0.05) is 0 Å². The zero-order valence-corrected chi connectivity index (χ0v) is 18.0. The van der Waals surface area contributed by atoms with Gasteiger partial charge in [-0.05, 0) is 45.8 Å². The summed E-state index contributed by atoms with van der Waals surface area (Å²) in [6.45, 7) is 19.3. The Balaban J connectivity index is 1.83. The Morgan fingerprint density at radius 3 is 2.08 bits per heavy atom. The lowest BCUT2D eigenvalue weighted by atomic mass is 10.1. The van der Waals surface area contributed by atoms with Gasteiger partial charge in [-0.2, -0.15) is 0 Å². The molecular formula is C18H34O6Si. The standard InChI is InChI=1S/C18H34O6Si/c1-16(2,3)25(8,9)24-13-12(11-10-19-17(4,5)21-11)20-15-14(13)22-18(6,7)23-15/h11-15H,10H2,1-9H3/t11-,12+,13-,14-,15-/m1/s1. The fourth-order valence-electron chi connectivity index (χ4n) is 3.33. The summed E-state index contributed by atoms with van der Waals surface area (Å²) in [6, 6.07) is 0. The van der Waals surface area contributed by atoms with Crippen LogP contribution in [0.3, 0.4) is 0 Å². The highest BCUT2D eigenvalue weighted by molar-refractivity contribution is 6.74. The van der Waals surface area contributed by atoms with E-state index in [-0.39, 0.29) is 29.5 Å². The second-order valence-electron chi connectivity index (χ2n) is 9.78. The van der Waals surface area contributed by atoms with Gasteiger partial charge in [0.25, 0.3) is 0 Å². The molecule has 7 heteroatoms. The Bertz CT molecular complexity index is 512. The molecule has 3 aliphatic rings. The third-order valence-corrected chi connectivity index (χ3v) is 10.1. The van der Waals surface area contributed by atoms with Crippen LogP contribution in [0.5, 0.6) is 0 Å². The maximum atomic E-state index is 6.74. The van der Waals surface area contributed by atoms with Crippen LogP contribution in [0.15, 0.2) is 0 Å². The highest BCUT2D eigenvalue weighted by atomic mass is 28.4. The lowest BCUT2D eigenvalue weighted by Gasteiger charge is -2.41. The van der Waals surface area contributed by atoms with Crippen LogP contribution in [0.25, 0.3) is 0 Å².